The van der Waals surface area contributed by atoms with Gasteiger partial charge in [0.15, 0.2) is 0 Å². The van der Waals surface area contributed by atoms with Crippen LogP contribution in [0, 0.1) is 0 Å². The first-order chi connectivity index (χ1) is 9.08. The van der Waals surface area contributed by atoms with Gasteiger partial charge in [-0.3, -0.25) is 10.1 Å². The fourth-order valence-electron chi connectivity index (χ4n) is 2.71. The Labute approximate surface area is 115 Å². The second kappa shape index (κ2) is 6.20. The van der Waals surface area contributed by atoms with Crippen molar-refractivity contribution in [3.05, 3.63) is 35.4 Å². The minimum absolute atomic E-state index is 0.0815. The van der Waals surface area contributed by atoms with Crippen molar-refractivity contribution in [3.8, 4) is 0 Å². The first-order valence-electron chi connectivity index (χ1n) is 7.22. The van der Waals surface area contributed by atoms with E-state index in [1.54, 1.807) is 0 Å². The molecule has 0 unspecified atom stereocenters. The number of rotatable bonds is 4. The van der Waals surface area contributed by atoms with Crippen LogP contribution in [0.4, 0.5) is 0 Å². The van der Waals surface area contributed by atoms with Crippen molar-refractivity contribution < 1.29 is 4.79 Å². The predicted octanol–water partition coefficient (Wildman–Crippen LogP) is 2.57. The van der Waals surface area contributed by atoms with E-state index in [0.717, 1.165) is 12.8 Å². The van der Waals surface area contributed by atoms with Gasteiger partial charge in [-0.15, -0.1) is 0 Å². The molecule has 104 valence electrons. The molecule has 3 nitrogen and oxygen atoms in total. The largest absolute Gasteiger partial charge is 0.353 e. The van der Waals surface area contributed by atoms with Crippen LogP contribution in [0.1, 0.15) is 50.8 Å². The third kappa shape index (κ3) is 3.57. The number of fused-ring (bicyclic) bond motifs is 1. The van der Waals surface area contributed by atoms with Gasteiger partial charge in [0.2, 0.25) is 5.91 Å². The van der Waals surface area contributed by atoms with Crippen molar-refractivity contribution in [2.24, 2.45) is 0 Å². The normalized spacial score (nSPS) is 19.9. The smallest absolute Gasteiger partial charge is 0.237 e. The number of aryl methyl sites for hydroxylation is 1. The average Bonchev–Trinajstić information content (AvgIpc) is 2.38. The second-order valence-corrected chi connectivity index (χ2v) is 5.70. The summed E-state index contributed by atoms with van der Waals surface area (Å²) in [5, 5.41) is 6.42. The Morgan fingerprint density at radius 3 is 2.74 bits per heavy atom. The molecule has 2 rings (SSSR count). The fourth-order valence-corrected chi connectivity index (χ4v) is 2.71. The summed E-state index contributed by atoms with van der Waals surface area (Å²) < 4.78 is 0. The van der Waals surface area contributed by atoms with Gasteiger partial charge < -0.3 is 5.32 Å². The van der Waals surface area contributed by atoms with Crippen molar-refractivity contribution in [1.29, 1.82) is 0 Å². The molecule has 19 heavy (non-hydrogen) atoms. The Morgan fingerprint density at radius 1 is 1.26 bits per heavy atom. The van der Waals surface area contributed by atoms with E-state index in [1.807, 2.05) is 20.8 Å². The maximum atomic E-state index is 12.0. The van der Waals surface area contributed by atoms with Gasteiger partial charge in [0.25, 0.3) is 0 Å². The summed E-state index contributed by atoms with van der Waals surface area (Å²) in [6.45, 7) is 5.91. The van der Waals surface area contributed by atoms with E-state index in [-0.39, 0.29) is 18.0 Å². The number of amides is 1. The van der Waals surface area contributed by atoms with Gasteiger partial charge in [-0.2, -0.15) is 0 Å². The highest BCUT2D eigenvalue weighted by molar-refractivity contribution is 5.81. The molecule has 1 amide bonds. The van der Waals surface area contributed by atoms with Crippen LogP contribution in [0.2, 0.25) is 0 Å². The Kier molecular flexibility index (Phi) is 4.59. The van der Waals surface area contributed by atoms with E-state index in [9.17, 15) is 4.79 Å². The van der Waals surface area contributed by atoms with Crippen molar-refractivity contribution in [2.75, 3.05) is 0 Å². The monoisotopic (exact) mass is 260 g/mol. The highest BCUT2D eigenvalue weighted by Gasteiger charge is 2.23. The van der Waals surface area contributed by atoms with E-state index in [4.69, 9.17) is 0 Å². The van der Waals surface area contributed by atoms with Gasteiger partial charge in [0, 0.05) is 12.1 Å². The zero-order valence-electron chi connectivity index (χ0n) is 12.1. The first kappa shape index (κ1) is 14.1. The van der Waals surface area contributed by atoms with Crippen LogP contribution >= 0.6 is 0 Å². The van der Waals surface area contributed by atoms with Crippen molar-refractivity contribution in [1.82, 2.24) is 10.6 Å². The molecule has 0 spiro atoms. The molecule has 3 heteroatoms. The van der Waals surface area contributed by atoms with Crippen LogP contribution in [0.25, 0.3) is 0 Å². The summed E-state index contributed by atoms with van der Waals surface area (Å²) in [5.74, 6) is 0.0815. The second-order valence-electron chi connectivity index (χ2n) is 5.70. The molecule has 1 aromatic rings. The minimum Gasteiger partial charge on any atom is -0.353 e. The molecule has 0 aliphatic heterocycles. The van der Waals surface area contributed by atoms with Crippen LogP contribution in [-0.2, 0) is 11.2 Å². The number of carbonyl (C=O) groups is 1. The molecule has 0 fully saturated rings. The molecular weight excluding hydrogens is 236 g/mol. The lowest BCUT2D eigenvalue weighted by Gasteiger charge is -2.29. The third-order valence-corrected chi connectivity index (χ3v) is 3.64. The summed E-state index contributed by atoms with van der Waals surface area (Å²) in [4.78, 5) is 12.0. The molecule has 0 saturated carbocycles. The Balaban J connectivity index is 2.02. The predicted molar refractivity (Wildman–Crippen MR) is 78.0 cm³/mol. The van der Waals surface area contributed by atoms with Crippen molar-refractivity contribution >= 4 is 5.91 Å². The maximum absolute atomic E-state index is 12.0. The molecule has 2 atom stereocenters. The zero-order valence-corrected chi connectivity index (χ0v) is 12.1. The molecule has 0 radical (unpaired) electrons. The number of carbonyl (C=O) groups excluding carboxylic acids is 1. The van der Waals surface area contributed by atoms with E-state index >= 15 is 0 Å². The number of hydrogen-bond donors (Lipinski definition) is 2. The number of hydrogen-bond acceptors (Lipinski definition) is 2. The van der Waals surface area contributed by atoms with Gasteiger partial charge in [-0.05, 0) is 51.2 Å². The summed E-state index contributed by atoms with van der Waals surface area (Å²) in [5.41, 5.74) is 2.78. The van der Waals surface area contributed by atoms with Gasteiger partial charge in [-0.1, -0.05) is 24.3 Å². The highest BCUT2D eigenvalue weighted by Crippen LogP contribution is 2.29. The molecule has 1 aliphatic rings. The topological polar surface area (TPSA) is 41.1 Å². The SMILES string of the molecule is CC(C)NC(=O)[C@@H](C)N[C@@H]1CCCc2ccccc21. The molecule has 0 aromatic heterocycles. The summed E-state index contributed by atoms with van der Waals surface area (Å²) >= 11 is 0. The van der Waals surface area contributed by atoms with Crippen LogP contribution in [0.15, 0.2) is 24.3 Å². The van der Waals surface area contributed by atoms with Gasteiger partial charge >= 0.3 is 0 Å². The third-order valence-electron chi connectivity index (χ3n) is 3.64. The lowest BCUT2D eigenvalue weighted by atomic mass is 9.87. The molecule has 0 bridgehead atoms. The fraction of sp³-hybridized carbons (Fsp3) is 0.562. The van der Waals surface area contributed by atoms with Gasteiger partial charge in [0.05, 0.1) is 6.04 Å². The van der Waals surface area contributed by atoms with Crippen LogP contribution in [0.5, 0.6) is 0 Å². The maximum Gasteiger partial charge on any atom is 0.237 e. The zero-order chi connectivity index (χ0) is 13.8. The first-order valence-corrected chi connectivity index (χ1v) is 7.22. The van der Waals surface area contributed by atoms with E-state index in [2.05, 4.69) is 34.9 Å². The van der Waals surface area contributed by atoms with Crippen molar-refractivity contribution in [3.63, 3.8) is 0 Å². The molecule has 1 aromatic carbocycles. The quantitative estimate of drug-likeness (QED) is 0.873. The Bertz CT molecular complexity index is 442. The summed E-state index contributed by atoms with van der Waals surface area (Å²) in [6, 6.07) is 8.89. The molecule has 0 saturated heterocycles. The standard InChI is InChI=1S/C16H24N2O/c1-11(2)17-16(19)12(3)18-15-10-6-8-13-7-4-5-9-14(13)15/h4-5,7,9,11-12,15,18H,6,8,10H2,1-3H3,(H,17,19)/t12-,15-/m1/s1. The Hall–Kier alpha value is -1.35. The highest BCUT2D eigenvalue weighted by atomic mass is 16.2. The van der Waals surface area contributed by atoms with E-state index in [0.29, 0.717) is 6.04 Å². The molecule has 2 N–H and O–H groups in total. The van der Waals surface area contributed by atoms with E-state index < -0.39 is 0 Å². The summed E-state index contributed by atoms with van der Waals surface area (Å²) in [6.07, 6.45) is 3.45. The van der Waals surface area contributed by atoms with Crippen LogP contribution in [-0.4, -0.2) is 18.0 Å². The van der Waals surface area contributed by atoms with Gasteiger partial charge in [-0.25, -0.2) is 0 Å². The summed E-state index contributed by atoms with van der Waals surface area (Å²) in [7, 11) is 0. The lowest BCUT2D eigenvalue weighted by Crippen LogP contribution is -2.46. The minimum atomic E-state index is -0.154. The number of benzene rings is 1. The average molecular weight is 260 g/mol. The van der Waals surface area contributed by atoms with Gasteiger partial charge in [0.1, 0.15) is 0 Å². The molecule has 1 aliphatic carbocycles. The Morgan fingerprint density at radius 2 is 2.00 bits per heavy atom. The van der Waals surface area contributed by atoms with Crippen LogP contribution < -0.4 is 10.6 Å². The molecular formula is C16H24N2O. The lowest BCUT2D eigenvalue weighted by molar-refractivity contribution is -0.123. The van der Waals surface area contributed by atoms with Crippen molar-refractivity contribution in [2.45, 2.75) is 58.2 Å². The van der Waals surface area contributed by atoms with Crippen LogP contribution in [0.3, 0.4) is 0 Å². The molecule has 0 heterocycles. The van der Waals surface area contributed by atoms with E-state index in [1.165, 1.54) is 17.5 Å². The number of nitrogens with one attached hydrogen (secondary N) is 2.